The van der Waals surface area contributed by atoms with E-state index in [1.807, 2.05) is 66.2 Å². The number of likely N-dealkylation sites (tertiary alicyclic amines) is 1. The number of anilines is 1. The van der Waals surface area contributed by atoms with Gasteiger partial charge in [0.1, 0.15) is 42.6 Å². The van der Waals surface area contributed by atoms with Gasteiger partial charge >= 0.3 is 12.2 Å². The Hall–Kier alpha value is -6.00. The Morgan fingerprint density at radius 1 is 0.889 bits per heavy atom. The van der Waals surface area contributed by atoms with Gasteiger partial charge in [0.05, 0.1) is 37.9 Å². The van der Waals surface area contributed by atoms with Crippen LogP contribution in [0.5, 0.6) is 11.5 Å². The Morgan fingerprint density at radius 2 is 1.63 bits per heavy atom. The van der Waals surface area contributed by atoms with Crippen molar-refractivity contribution in [2.75, 3.05) is 71.6 Å². The molecule has 4 N–H and O–H groups in total. The van der Waals surface area contributed by atoms with E-state index in [-0.39, 0.29) is 38.3 Å². The highest BCUT2D eigenvalue weighted by Gasteiger charge is 2.28. The third-order valence-corrected chi connectivity index (χ3v) is 8.20. The Bertz CT molecular complexity index is 1870. The summed E-state index contributed by atoms with van der Waals surface area (Å²) in [6.45, 7) is 4.69. The zero-order valence-corrected chi connectivity index (χ0v) is 30.2. The number of allylic oxidation sites excluding steroid dienone is 1. The molecule has 1 aliphatic rings. The number of amides is 3. The molecule has 16 heteroatoms. The SMILES string of the molecule is C/C=C/COC(=O)NCCOCCOCCOC(=O)NC/C=C/C(=O)N1CCC[C@@H](n2nc(-c3ccc(Oc4ccccc4)cc3)c3c(N)ncnc32)C1. The van der Waals surface area contributed by atoms with Gasteiger partial charge in [-0.15, -0.1) is 0 Å². The number of hydrogen-bond acceptors (Lipinski definition) is 12. The van der Waals surface area contributed by atoms with Gasteiger partial charge in [0.2, 0.25) is 5.91 Å². The van der Waals surface area contributed by atoms with Gasteiger partial charge in [-0.05, 0) is 56.2 Å². The largest absolute Gasteiger partial charge is 0.457 e. The van der Waals surface area contributed by atoms with Crippen LogP contribution in [0.3, 0.4) is 0 Å². The zero-order chi connectivity index (χ0) is 38.0. The van der Waals surface area contributed by atoms with Crippen molar-refractivity contribution in [2.24, 2.45) is 0 Å². The molecule has 2 aromatic carbocycles. The fourth-order valence-electron chi connectivity index (χ4n) is 5.58. The maximum absolute atomic E-state index is 13.1. The highest BCUT2D eigenvalue weighted by Crippen LogP contribution is 2.35. The molecule has 0 saturated carbocycles. The van der Waals surface area contributed by atoms with Gasteiger partial charge < -0.3 is 45.0 Å². The molecule has 0 aliphatic carbocycles. The van der Waals surface area contributed by atoms with E-state index in [4.69, 9.17) is 34.5 Å². The standard InChI is InChI=1S/C38H46N8O8/c1-2-3-20-52-38(49)41-18-21-50-22-23-51-24-25-53-37(48)40-17-7-12-32(47)45-19-8-9-29(26-45)46-36-33(35(39)42-27-43-36)34(44-46)28-13-15-31(16-14-28)54-30-10-5-4-6-11-30/h2-7,10-16,27,29H,8-9,17-26H2,1H3,(H,40,48)(H,41,49)(H2,39,42,43)/b3-2+,12-7+/t29-/m1/s1. The van der Waals surface area contributed by atoms with Crippen LogP contribution in [0.2, 0.25) is 0 Å². The highest BCUT2D eigenvalue weighted by molar-refractivity contribution is 5.98. The third kappa shape index (κ3) is 11.8. The zero-order valence-electron chi connectivity index (χ0n) is 30.2. The van der Waals surface area contributed by atoms with Gasteiger partial charge in [-0.1, -0.05) is 36.4 Å². The summed E-state index contributed by atoms with van der Waals surface area (Å²) in [4.78, 5) is 47.1. The van der Waals surface area contributed by atoms with Crippen molar-refractivity contribution in [3.05, 3.63) is 85.2 Å². The van der Waals surface area contributed by atoms with E-state index in [0.717, 1.165) is 24.2 Å². The van der Waals surface area contributed by atoms with Crippen LogP contribution < -0.4 is 21.1 Å². The number of rotatable bonds is 18. The van der Waals surface area contributed by atoms with Crippen molar-refractivity contribution >= 4 is 34.9 Å². The van der Waals surface area contributed by atoms with Crippen molar-refractivity contribution < 1.29 is 38.1 Å². The number of nitrogens with one attached hydrogen (secondary N) is 2. The normalized spacial score (nSPS) is 14.4. The topological polar surface area (TPSA) is 194 Å². The highest BCUT2D eigenvalue weighted by atomic mass is 16.6. The lowest BCUT2D eigenvalue weighted by molar-refractivity contribution is -0.127. The second-order valence-electron chi connectivity index (χ2n) is 12.0. The molecular weight excluding hydrogens is 696 g/mol. The molecule has 3 heterocycles. The number of carbonyl (C=O) groups excluding carboxylic acids is 3. The number of piperidine rings is 1. The molecule has 0 bridgehead atoms. The van der Waals surface area contributed by atoms with Crippen LogP contribution in [0.4, 0.5) is 15.4 Å². The average molecular weight is 743 g/mol. The Balaban J connectivity index is 1.02. The summed E-state index contributed by atoms with van der Waals surface area (Å²) in [5, 5.41) is 10.8. The Kier molecular flexibility index (Phi) is 15.2. The van der Waals surface area contributed by atoms with Crippen molar-refractivity contribution in [2.45, 2.75) is 25.8 Å². The first-order valence-corrected chi connectivity index (χ1v) is 17.8. The van der Waals surface area contributed by atoms with Crippen molar-refractivity contribution in [1.82, 2.24) is 35.3 Å². The van der Waals surface area contributed by atoms with Crippen LogP contribution in [-0.4, -0.2) is 109 Å². The second-order valence-corrected chi connectivity index (χ2v) is 12.0. The molecule has 286 valence electrons. The van der Waals surface area contributed by atoms with Crippen molar-refractivity contribution in [3.63, 3.8) is 0 Å². The van der Waals surface area contributed by atoms with Crippen LogP contribution in [0.15, 0.2) is 85.2 Å². The molecule has 16 nitrogen and oxygen atoms in total. The summed E-state index contributed by atoms with van der Waals surface area (Å²) < 4.78 is 28.5. The molecule has 1 saturated heterocycles. The molecule has 0 spiro atoms. The number of alkyl carbamates (subject to hydrolysis) is 2. The van der Waals surface area contributed by atoms with E-state index in [0.29, 0.717) is 67.7 Å². The summed E-state index contributed by atoms with van der Waals surface area (Å²) in [5.74, 6) is 1.57. The predicted octanol–water partition coefficient (Wildman–Crippen LogP) is 4.65. The predicted molar refractivity (Wildman–Crippen MR) is 201 cm³/mol. The number of nitrogens with zero attached hydrogens (tertiary/aromatic N) is 5. The number of hydrogen-bond donors (Lipinski definition) is 3. The molecule has 4 aromatic rings. The molecule has 3 amide bonds. The number of para-hydroxylation sites is 1. The van der Waals surface area contributed by atoms with Crippen LogP contribution in [-0.2, 0) is 23.7 Å². The lowest BCUT2D eigenvalue weighted by atomic mass is 10.1. The summed E-state index contributed by atoms with van der Waals surface area (Å²) in [6, 6.07) is 17.0. The minimum absolute atomic E-state index is 0.0532. The maximum atomic E-state index is 13.1. The number of benzene rings is 2. The molecular formula is C38H46N8O8. The van der Waals surface area contributed by atoms with E-state index in [9.17, 15) is 14.4 Å². The molecule has 0 unspecified atom stereocenters. The van der Waals surface area contributed by atoms with E-state index >= 15 is 0 Å². The monoisotopic (exact) mass is 742 g/mol. The molecule has 1 atom stereocenters. The molecule has 0 radical (unpaired) electrons. The number of nitrogen functional groups attached to an aromatic ring is 1. The Morgan fingerprint density at radius 3 is 2.43 bits per heavy atom. The summed E-state index contributed by atoms with van der Waals surface area (Å²) in [6.07, 6.45) is 8.41. The lowest BCUT2D eigenvalue weighted by Crippen LogP contribution is -2.40. The van der Waals surface area contributed by atoms with Gasteiger partial charge in [-0.25, -0.2) is 24.2 Å². The lowest BCUT2D eigenvalue weighted by Gasteiger charge is -2.32. The van der Waals surface area contributed by atoms with E-state index in [2.05, 4.69) is 20.6 Å². The molecule has 1 aliphatic heterocycles. The van der Waals surface area contributed by atoms with Crippen LogP contribution in [0, 0.1) is 0 Å². The summed E-state index contributed by atoms with van der Waals surface area (Å²) in [7, 11) is 0. The quantitative estimate of drug-likeness (QED) is 0.0727. The second kappa shape index (κ2) is 20.9. The maximum Gasteiger partial charge on any atom is 0.407 e. The van der Waals surface area contributed by atoms with Crippen LogP contribution >= 0.6 is 0 Å². The van der Waals surface area contributed by atoms with Crippen molar-refractivity contribution in [3.8, 4) is 22.8 Å². The van der Waals surface area contributed by atoms with E-state index in [1.165, 1.54) is 12.4 Å². The van der Waals surface area contributed by atoms with E-state index < -0.39 is 12.2 Å². The van der Waals surface area contributed by atoms with Gasteiger partial charge in [-0.2, -0.15) is 5.10 Å². The fourth-order valence-corrected chi connectivity index (χ4v) is 5.58. The first-order chi connectivity index (χ1) is 26.4. The average Bonchev–Trinajstić information content (AvgIpc) is 3.59. The third-order valence-electron chi connectivity index (χ3n) is 8.20. The minimum atomic E-state index is -0.627. The van der Waals surface area contributed by atoms with E-state index in [1.54, 1.807) is 23.1 Å². The minimum Gasteiger partial charge on any atom is -0.457 e. The molecule has 1 fully saturated rings. The number of ether oxygens (including phenoxy) is 5. The smallest absolute Gasteiger partial charge is 0.407 e. The van der Waals surface area contributed by atoms with Crippen LogP contribution in [0.1, 0.15) is 25.8 Å². The first kappa shape index (κ1) is 39.2. The number of aromatic nitrogens is 4. The first-order valence-electron chi connectivity index (χ1n) is 17.8. The summed E-state index contributed by atoms with van der Waals surface area (Å²) >= 11 is 0. The molecule has 2 aromatic heterocycles. The molecule has 5 rings (SSSR count). The number of fused-ring (bicyclic) bond motifs is 1. The summed E-state index contributed by atoms with van der Waals surface area (Å²) in [5.41, 5.74) is 8.43. The van der Waals surface area contributed by atoms with Crippen LogP contribution in [0.25, 0.3) is 22.3 Å². The number of carbonyl (C=O) groups is 3. The van der Waals surface area contributed by atoms with Gasteiger partial charge in [0.25, 0.3) is 0 Å². The van der Waals surface area contributed by atoms with Gasteiger partial charge in [0.15, 0.2) is 5.65 Å². The number of nitrogens with two attached hydrogens (primary N) is 1. The van der Waals surface area contributed by atoms with Gasteiger partial charge in [0, 0.05) is 37.8 Å². The molecule has 54 heavy (non-hydrogen) atoms. The van der Waals surface area contributed by atoms with Crippen molar-refractivity contribution in [1.29, 1.82) is 0 Å². The fraction of sp³-hybridized carbons (Fsp3) is 0.368. The van der Waals surface area contributed by atoms with Gasteiger partial charge in [-0.3, -0.25) is 4.79 Å². The Labute approximate surface area is 313 Å².